The molecule has 4 heteroatoms. The fraction of sp³-hybridized carbons (Fsp3) is 0.571. The number of ether oxygens (including phenoxy) is 2. The van der Waals surface area contributed by atoms with E-state index in [1.165, 1.54) is 5.56 Å². The van der Waals surface area contributed by atoms with Gasteiger partial charge >= 0.3 is 0 Å². The quantitative estimate of drug-likeness (QED) is 0.832. The summed E-state index contributed by atoms with van der Waals surface area (Å²) in [6.07, 6.45) is 0. The first kappa shape index (κ1) is 13.2. The standard InChI is InChI=1S/C14H22N2O2/c1-14(2)10-16(4-5-18-14)9-11-6-12(15)8-13(7-11)17-3/h6-8H,4-5,9-10,15H2,1-3H3. The summed E-state index contributed by atoms with van der Waals surface area (Å²) in [7, 11) is 1.66. The van der Waals surface area contributed by atoms with Gasteiger partial charge in [0.15, 0.2) is 0 Å². The van der Waals surface area contributed by atoms with Crippen molar-refractivity contribution in [2.75, 3.05) is 32.5 Å². The maximum Gasteiger partial charge on any atom is 0.121 e. The largest absolute Gasteiger partial charge is 0.497 e. The molecule has 100 valence electrons. The fourth-order valence-corrected chi connectivity index (χ4v) is 2.40. The number of hydrogen-bond donors (Lipinski definition) is 1. The summed E-state index contributed by atoms with van der Waals surface area (Å²) < 4.78 is 11.0. The summed E-state index contributed by atoms with van der Waals surface area (Å²) in [5, 5.41) is 0. The van der Waals surface area contributed by atoms with Crippen molar-refractivity contribution in [1.29, 1.82) is 0 Å². The zero-order valence-corrected chi connectivity index (χ0v) is 11.4. The summed E-state index contributed by atoms with van der Waals surface area (Å²) in [5.41, 5.74) is 7.74. The van der Waals surface area contributed by atoms with E-state index in [-0.39, 0.29) is 5.60 Å². The highest BCUT2D eigenvalue weighted by Gasteiger charge is 2.27. The van der Waals surface area contributed by atoms with E-state index in [4.69, 9.17) is 15.2 Å². The Morgan fingerprint density at radius 2 is 2.17 bits per heavy atom. The van der Waals surface area contributed by atoms with Crippen LogP contribution >= 0.6 is 0 Å². The monoisotopic (exact) mass is 250 g/mol. The third-order valence-corrected chi connectivity index (χ3v) is 3.14. The van der Waals surface area contributed by atoms with Crippen molar-refractivity contribution >= 4 is 5.69 Å². The number of nitrogens with zero attached hydrogens (tertiary/aromatic N) is 1. The molecule has 0 aromatic heterocycles. The van der Waals surface area contributed by atoms with Crippen LogP contribution < -0.4 is 10.5 Å². The van der Waals surface area contributed by atoms with E-state index in [1.807, 2.05) is 18.2 Å². The lowest BCUT2D eigenvalue weighted by atomic mass is 10.1. The average molecular weight is 250 g/mol. The molecule has 1 aliphatic rings. The Kier molecular flexibility index (Phi) is 3.78. The Hall–Kier alpha value is -1.26. The van der Waals surface area contributed by atoms with Gasteiger partial charge in [-0.1, -0.05) is 0 Å². The number of benzene rings is 1. The van der Waals surface area contributed by atoms with Crippen LogP contribution in [0, 0.1) is 0 Å². The number of hydrogen-bond acceptors (Lipinski definition) is 4. The molecule has 1 aromatic carbocycles. The van der Waals surface area contributed by atoms with Crippen LogP contribution in [0.15, 0.2) is 18.2 Å². The van der Waals surface area contributed by atoms with Crippen LogP contribution in [0.4, 0.5) is 5.69 Å². The van der Waals surface area contributed by atoms with Crippen molar-refractivity contribution in [3.63, 3.8) is 0 Å². The Labute approximate surface area is 109 Å². The molecule has 1 aromatic rings. The minimum Gasteiger partial charge on any atom is -0.497 e. The normalized spacial score (nSPS) is 19.7. The van der Waals surface area contributed by atoms with E-state index in [2.05, 4.69) is 18.7 Å². The van der Waals surface area contributed by atoms with Gasteiger partial charge in [-0.15, -0.1) is 0 Å². The van der Waals surface area contributed by atoms with Crippen LogP contribution in [-0.2, 0) is 11.3 Å². The van der Waals surface area contributed by atoms with Gasteiger partial charge < -0.3 is 15.2 Å². The summed E-state index contributed by atoms with van der Waals surface area (Å²) in [4.78, 5) is 2.39. The van der Waals surface area contributed by atoms with Gasteiger partial charge in [0.1, 0.15) is 5.75 Å². The Morgan fingerprint density at radius 3 is 2.83 bits per heavy atom. The SMILES string of the molecule is COc1cc(N)cc(CN2CCOC(C)(C)C2)c1. The van der Waals surface area contributed by atoms with Gasteiger partial charge in [-0.3, -0.25) is 4.90 Å². The maximum atomic E-state index is 5.87. The van der Waals surface area contributed by atoms with Gasteiger partial charge in [-0.05, 0) is 31.5 Å². The van der Waals surface area contributed by atoms with E-state index in [0.717, 1.165) is 37.7 Å². The zero-order chi connectivity index (χ0) is 13.2. The van der Waals surface area contributed by atoms with Crippen molar-refractivity contribution < 1.29 is 9.47 Å². The van der Waals surface area contributed by atoms with E-state index in [9.17, 15) is 0 Å². The first-order chi connectivity index (χ1) is 8.48. The molecule has 1 aliphatic heterocycles. The predicted octanol–water partition coefficient (Wildman–Crippen LogP) is 1.89. The molecule has 0 aliphatic carbocycles. The third kappa shape index (κ3) is 3.37. The second kappa shape index (κ2) is 5.16. The molecule has 1 saturated heterocycles. The second-order valence-corrected chi connectivity index (χ2v) is 5.43. The first-order valence-corrected chi connectivity index (χ1v) is 6.28. The molecular weight excluding hydrogens is 228 g/mol. The van der Waals surface area contributed by atoms with Crippen LogP contribution in [0.3, 0.4) is 0 Å². The molecule has 0 unspecified atom stereocenters. The van der Waals surface area contributed by atoms with Gasteiger partial charge in [0.05, 0.1) is 19.3 Å². The minimum atomic E-state index is -0.0668. The van der Waals surface area contributed by atoms with Crippen molar-refractivity contribution in [2.45, 2.75) is 26.0 Å². The van der Waals surface area contributed by atoms with Crippen molar-refractivity contribution in [1.82, 2.24) is 4.90 Å². The Balaban J connectivity index is 2.07. The molecule has 1 heterocycles. The molecule has 18 heavy (non-hydrogen) atoms. The van der Waals surface area contributed by atoms with Crippen LogP contribution in [0.2, 0.25) is 0 Å². The molecule has 0 spiro atoms. The van der Waals surface area contributed by atoms with Crippen LogP contribution in [0.1, 0.15) is 19.4 Å². The van der Waals surface area contributed by atoms with E-state index in [1.54, 1.807) is 7.11 Å². The van der Waals surface area contributed by atoms with Crippen molar-refractivity contribution in [2.24, 2.45) is 0 Å². The Morgan fingerprint density at radius 1 is 1.39 bits per heavy atom. The lowest BCUT2D eigenvalue weighted by Gasteiger charge is -2.38. The maximum absolute atomic E-state index is 5.87. The molecule has 1 fully saturated rings. The van der Waals surface area contributed by atoms with Crippen LogP contribution in [-0.4, -0.2) is 37.3 Å². The lowest BCUT2D eigenvalue weighted by Crippen LogP contribution is -2.47. The lowest BCUT2D eigenvalue weighted by molar-refractivity contribution is -0.0882. The molecule has 0 amide bonds. The number of anilines is 1. The number of rotatable bonds is 3. The smallest absolute Gasteiger partial charge is 0.121 e. The van der Waals surface area contributed by atoms with Crippen LogP contribution in [0.5, 0.6) is 5.75 Å². The second-order valence-electron chi connectivity index (χ2n) is 5.43. The minimum absolute atomic E-state index is 0.0668. The molecule has 0 bridgehead atoms. The first-order valence-electron chi connectivity index (χ1n) is 6.28. The number of nitrogen functional groups attached to an aromatic ring is 1. The third-order valence-electron chi connectivity index (χ3n) is 3.14. The van der Waals surface area contributed by atoms with Crippen molar-refractivity contribution in [3.05, 3.63) is 23.8 Å². The van der Waals surface area contributed by atoms with Gasteiger partial charge in [0, 0.05) is 31.4 Å². The highest BCUT2D eigenvalue weighted by Crippen LogP contribution is 2.22. The van der Waals surface area contributed by atoms with Gasteiger partial charge in [-0.25, -0.2) is 0 Å². The Bertz CT molecular complexity index is 418. The number of morpholine rings is 1. The highest BCUT2D eigenvalue weighted by atomic mass is 16.5. The average Bonchev–Trinajstić information content (AvgIpc) is 2.26. The summed E-state index contributed by atoms with van der Waals surface area (Å²) >= 11 is 0. The molecule has 0 saturated carbocycles. The van der Waals surface area contributed by atoms with Gasteiger partial charge in [0.2, 0.25) is 0 Å². The molecule has 0 atom stereocenters. The summed E-state index contributed by atoms with van der Waals surface area (Å²) in [6.45, 7) is 7.81. The van der Waals surface area contributed by atoms with E-state index in [0.29, 0.717) is 0 Å². The predicted molar refractivity (Wildman–Crippen MR) is 72.7 cm³/mol. The molecule has 2 N–H and O–H groups in total. The fourth-order valence-electron chi connectivity index (χ4n) is 2.40. The highest BCUT2D eigenvalue weighted by molar-refractivity contribution is 5.47. The van der Waals surface area contributed by atoms with Gasteiger partial charge in [-0.2, -0.15) is 0 Å². The topological polar surface area (TPSA) is 47.7 Å². The molecule has 2 rings (SSSR count). The molecular formula is C14H22N2O2. The van der Waals surface area contributed by atoms with Gasteiger partial charge in [0.25, 0.3) is 0 Å². The van der Waals surface area contributed by atoms with E-state index >= 15 is 0 Å². The molecule has 4 nitrogen and oxygen atoms in total. The molecule has 0 radical (unpaired) electrons. The summed E-state index contributed by atoms with van der Waals surface area (Å²) in [5.74, 6) is 0.817. The van der Waals surface area contributed by atoms with Crippen molar-refractivity contribution in [3.8, 4) is 5.75 Å². The number of nitrogens with two attached hydrogens (primary N) is 1. The van der Waals surface area contributed by atoms with Crippen LogP contribution in [0.25, 0.3) is 0 Å². The number of methoxy groups -OCH3 is 1. The summed E-state index contributed by atoms with van der Waals surface area (Å²) in [6, 6.07) is 5.89. The van der Waals surface area contributed by atoms with E-state index < -0.39 is 0 Å². The zero-order valence-electron chi connectivity index (χ0n) is 11.4.